The van der Waals surface area contributed by atoms with E-state index in [9.17, 15) is 26.7 Å². The number of benzene rings is 2. The second kappa shape index (κ2) is 6.71. The van der Waals surface area contributed by atoms with Crippen LogP contribution in [-0.4, -0.2) is 20.8 Å². The van der Waals surface area contributed by atoms with Crippen LogP contribution in [0.5, 0.6) is 5.75 Å². The van der Waals surface area contributed by atoms with Crippen LogP contribution in [0.3, 0.4) is 0 Å². The molecule has 1 heterocycles. The summed E-state index contributed by atoms with van der Waals surface area (Å²) in [6, 6.07) is 6.88. The predicted octanol–water partition coefficient (Wildman–Crippen LogP) is 4.13. The number of phenols is 1. The van der Waals surface area contributed by atoms with Gasteiger partial charge in [-0.3, -0.25) is 4.79 Å². The van der Waals surface area contributed by atoms with E-state index in [0.717, 1.165) is 42.5 Å². The number of phenolic OH excluding ortho intramolecular Hbond substituents is 1. The number of nitrogens with one attached hydrogen (secondary N) is 1. The molecule has 0 aliphatic heterocycles. The molecular weight excluding hydrogens is 373 g/mol. The third-order valence-corrected chi connectivity index (χ3v) is 3.56. The van der Waals surface area contributed by atoms with Crippen molar-refractivity contribution in [3.05, 3.63) is 71.6 Å². The average molecular weight is 383 g/mol. The van der Waals surface area contributed by atoms with Gasteiger partial charge in [0.05, 0.1) is 17.4 Å². The SMILES string of the molecule is O=C(Nc1ccc(O)c(F)c1)c1cnn(-c2ccc(F)cc2)c1C(F)(F)F. The Balaban J connectivity index is 2.01. The Morgan fingerprint density at radius 3 is 2.33 bits per heavy atom. The van der Waals surface area contributed by atoms with E-state index in [2.05, 4.69) is 10.4 Å². The van der Waals surface area contributed by atoms with Gasteiger partial charge in [0.25, 0.3) is 5.91 Å². The van der Waals surface area contributed by atoms with Crippen LogP contribution in [0.25, 0.3) is 5.69 Å². The lowest BCUT2D eigenvalue weighted by atomic mass is 10.2. The minimum atomic E-state index is -4.95. The fourth-order valence-corrected chi connectivity index (χ4v) is 2.35. The molecule has 0 bridgehead atoms. The molecule has 3 aromatic rings. The molecule has 5 nitrogen and oxygen atoms in total. The van der Waals surface area contributed by atoms with Crippen LogP contribution in [0.15, 0.2) is 48.7 Å². The van der Waals surface area contributed by atoms with Crippen LogP contribution in [0, 0.1) is 11.6 Å². The number of carbonyl (C=O) groups is 1. The fourth-order valence-electron chi connectivity index (χ4n) is 2.35. The first-order valence-electron chi connectivity index (χ1n) is 7.38. The van der Waals surface area contributed by atoms with Gasteiger partial charge in [-0.05, 0) is 36.4 Å². The molecule has 10 heteroatoms. The molecule has 2 aromatic carbocycles. The number of rotatable bonds is 3. The molecule has 1 amide bonds. The van der Waals surface area contributed by atoms with Crippen LogP contribution in [0.4, 0.5) is 27.6 Å². The number of hydrogen-bond acceptors (Lipinski definition) is 3. The topological polar surface area (TPSA) is 67.2 Å². The van der Waals surface area contributed by atoms with Gasteiger partial charge in [-0.25, -0.2) is 13.5 Å². The first-order valence-corrected chi connectivity index (χ1v) is 7.38. The molecule has 3 rings (SSSR count). The highest BCUT2D eigenvalue weighted by atomic mass is 19.4. The van der Waals surface area contributed by atoms with Gasteiger partial charge in [0, 0.05) is 11.8 Å². The van der Waals surface area contributed by atoms with Crippen molar-refractivity contribution in [1.29, 1.82) is 0 Å². The molecule has 1 aromatic heterocycles. The van der Waals surface area contributed by atoms with Gasteiger partial charge in [-0.2, -0.15) is 18.3 Å². The average Bonchev–Trinajstić information content (AvgIpc) is 3.04. The Labute approximate surface area is 148 Å². The van der Waals surface area contributed by atoms with E-state index in [1.54, 1.807) is 0 Å². The van der Waals surface area contributed by atoms with Crippen molar-refractivity contribution in [2.24, 2.45) is 0 Å². The second-order valence-electron chi connectivity index (χ2n) is 5.41. The maximum Gasteiger partial charge on any atom is 0.434 e. The first-order chi connectivity index (χ1) is 12.7. The lowest BCUT2D eigenvalue weighted by Gasteiger charge is -2.13. The zero-order valence-corrected chi connectivity index (χ0v) is 13.3. The minimum absolute atomic E-state index is 0.0987. The lowest BCUT2D eigenvalue weighted by Crippen LogP contribution is -2.20. The maximum absolute atomic E-state index is 13.5. The number of aromatic nitrogens is 2. The number of alkyl halides is 3. The summed E-state index contributed by atoms with van der Waals surface area (Å²) in [6.45, 7) is 0. The van der Waals surface area contributed by atoms with Gasteiger partial charge in [0.2, 0.25) is 0 Å². The van der Waals surface area contributed by atoms with Gasteiger partial charge in [0.15, 0.2) is 17.3 Å². The zero-order valence-electron chi connectivity index (χ0n) is 13.3. The lowest BCUT2D eigenvalue weighted by molar-refractivity contribution is -0.143. The predicted molar refractivity (Wildman–Crippen MR) is 84.5 cm³/mol. The normalized spacial score (nSPS) is 11.4. The molecule has 140 valence electrons. The summed E-state index contributed by atoms with van der Waals surface area (Å²) in [4.78, 5) is 12.3. The van der Waals surface area contributed by atoms with Crippen molar-refractivity contribution in [2.75, 3.05) is 5.32 Å². The number of amides is 1. The number of hydrogen-bond donors (Lipinski definition) is 2. The quantitative estimate of drug-likeness (QED) is 0.528. The van der Waals surface area contributed by atoms with Crippen molar-refractivity contribution >= 4 is 11.6 Å². The smallest absolute Gasteiger partial charge is 0.434 e. The van der Waals surface area contributed by atoms with Crippen LogP contribution in [-0.2, 0) is 6.18 Å². The van der Waals surface area contributed by atoms with Crippen LogP contribution < -0.4 is 5.32 Å². The standard InChI is InChI=1S/C17H10F5N3O2/c18-9-1-4-11(5-2-9)25-15(17(20,21)22)12(8-23-25)16(27)24-10-3-6-14(26)13(19)7-10/h1-8,26H,(H,24,27). The summed E-state index contributed by atoms with van der Waals surface area (Å²) in [7, 11) is 0. The fraction of sp³-hybridized carbons (Fsp3) is 0.0588. The summed E-state index contributed by atoms with van der Waals surface area (Å²) in [5.41, 5.74) is -2.43. The Bertz CT molecular complexity index is 997. The molecule has 27 heavy (non-hydrogen) atoms. The van der Waals surface area contributed by atoms with Crippen molar-refractivity contribution in [1.82, 2.24) is 9.78 Å². The molecule has 0 aliphatic carbocycles. The summed E-state index contributed by atoms with van der Waals surface area (Å²) in [5.74, 6) is -3.55. The summed E-state index contributed by atoms with van der Waals surface area (Å²) in [6.07, 6.45) is -4.24. The van der Waals surface area contributed by atoms with Crippen molar-refractivity contribution < 1.29 is 31.9 Å². The van der Waals surface area contributed by atoms with Crippen LogP contribution in [0.2, 0.25) is 0 Å². The Kier molecular flexibility index (Phi) is 4.56. The summed E-state index contributed by atoms with van der Waals surface area (Å²) in [5, 5.41) is 14.8. The van der Waals surface area contributed by atoms with E-state index in [1.165, 1.54) is 0 Å². The molecule has 0 spiro atoms. The van der Waals surface area contributed by atoms with Gasteiger partial charge >= 0.3 is 6.18 Å². The first kappa shape index (κ1) is 18.4. The van der Waals surface area contributed by atoms with E-state index in [4.69, 9.17) is 5.11 Å². The number of anilines is 1. The summed E-state index contributed by atoms with van der Waals surface area (Å²) >= 11 is 0. The number of halogens is 5. The molecule has 0 radical (unpaired) electrons. The summed E-state index contributed by atoms with van der Waals surface area (Å²) < 4.78 is 67.3. The molecule has 2 N–H and O–H groups in total. The zero-order chi connectivity index (χ0) is 19.8. The molecule has 0 unspecified atom stereocenters. The minimum Gasteiger partial charge on any atom is -0.505 e. The van der Waals surface area contributed by atoms with E-state index in [1.807, 2.05) is 0 Å². The molecule has 0 saturated heterocycles. The van der Waals surface area contributed by atoms with Gasteiger partial charge < -0.3 is 10.4 Å². The van der Waals surface area contributed by atoms with E-state index < -0.39 is 40.7 Å². The number of nitrogens with zero attached hydrogens (tertiary/aromatic N) is 2. The number of carbonyl (C=O) groups excluding carboxylic acids is 1. The van der Waals surface area contributed by atoms with Crippen molar-refractivity contribution in [3.8, 4) is 11.4 Å². The number of aromatic hydroxyl groups is 1. The second-order valence-corrected chi connectivity index (χ2v) is 5.41. The third-order valence-electron chi connectivity index (χ3n) is 3.56. The van der Waals surface area contributed by atoms with Gasteiger partial charge in [0.1, 0.15) is 5.82 Å². The van der Waals surface area contributed by atoms with Gasteiger partial charge in [-0.1, -0.05) is 0 Å². The Morgan fingerprint density at radius 2 is 1.74 bits per heavy atom. The van der Waals surface area contributed by atoms with Crippen LogP contribution in [0.1, 0.15) is 16.1 Å². The third kappa shape index (κ3) is 3.73. The van der Waals surface area contributed by atoms with Crippen molar-refractivity contribution in [2.45, 2.75) is 6.18 Å². The monoisotopic (exact) mass is 383 g/mol. The molecular formula is C17H10F5N3O2. The van der Waals surface area contributed by atoms with E-state index >= 15 is 0 Å². The highest BCUT2D eigenvalue weighted by Crippen LogP contribution is 2.34. The molecule has 0 aliphatic rings. The van der Waals surface area contributed by atoms with Crippen molar-refractivity contribution in [3.63, 3.8) is 0 Å². The largest absolute Gasteiger partial charge is 0.505 e. The van der Waals surface area contributed by atoms with E-state index in [-0.39, 0.29) is 11.4 Å². The molecule has 0 saturated carbocycles. The molecule has 0 atom stereocenters. The van der Waals surface area contributed by atoms with Gasteiger partial charge in [-0.15, -0.1) is 0 Å². The highest BCUT2D eigenvalue weighted by molar-refractivity contribution is 6.05. The van der Waals surface area contributed by atoms with Crippen LogP contribution >= 0.6 is 0 Å². The Hall–Kier alpha value is -3.43. The highest BCUT2D eigenvalue weighted by Gasteiger charge is 2.40. The Morgan fingerprint density at radius 1 is 1.07 bits per heavy atom. The molecule has 0 fully saturated rings. The maximum atomic E-state index is 13.5. The van der Waals surface area contributed by atoms with E-state index in [0.29, 0.717) is 10.9 Å².